The molecule has 0 amide bonds. The van der Waals surface area contributed by atoms with Crippen molar-refractivity contribution in [3.63, 3.8) is 0 Å². The molecule has 1 aromatic carbocycles. The molecule has 112 valence electrons. The Morgan fingerprint density at radius 2 is 2.10 bits per heavy atom. The molecule has 2 saturated carbocycles. The van der Waals surface area contributed by atoms with Gasteiger partial charge in [-0.3, -0.25) is 9.59 Å². The summed E-state index contributed by atoms with van der Waals surface area (Å²) in [6, 6.07) is 6.39. The van der Waals surface area contributed by atoms with Crippen molar-refractivity contribution in [2.24, 2.45) is 23.7 Å². The second-order valence-corrected chi connectivity index (χ2v) is 6.44. The molecule has 4 unspecified atom stereocenters. The van der Waals surface area contributed by atoms with Crippen LogP contribution in [-0.2, 0) is 20.7 Å². The SMILES string of the molecule is CCOC(=O)C1C2CC(Cc3cc(C)ccc3C)C(=O)C21. The van der Waals surface area contributed by atoms with Gasteiger partial charge in [-0.25, -0.2) is 0 Å². The van der Waals surface area contributed by atoms with Gasteiger partial charge in [0.05, 0.1) is 12.5 Å². The van der Waals surface area contributed by atoms with Crippen molar-refractivity contribution in [2.75, 3.05) is 6.61 Å². The lowest BCUT2D eigenvalue weighted by molar-refractivity contribution is -0.146. The number of Topliss-reactive ketones (excluding diaryl/α,β-unsaturated/α-hetero) is 1. The van der Waals surface area contributed by atoms with E-state index in [9.17, 15) is 9.59 Å². The van der Waals surface area contributed by atoms with Crippen LogP contribution >= 0.6 is 0 Å². The van der Waals surface area contributed by atoms with Gasteiger partial charge in [0.25, 0.3) is 0 Å². The lowest BCUT2D eigenvalue weighted by Gasteiger charge is -2.15. The maximum absolute atomic E-state index is 12.5. The van der Waals surface area contributed by atoms with Crippen LogP contribution in [0.2, 0.25) is 0 Å². The topological polar surface area (TPSA) is 43.4 Å². The van der Waals surface area contributed by atoms with Crippen molar-refractivity contribution in [3.05, 3.63) is 34.9 Å². The number of carbonyl (C=O) groups is 2. The van der Waals surface area contributed by atoms with Crippen molar-refractivity contribution in [1.82, 2.24) is 0 Å². The predicted molar refractivity (Wildman–Crippen MR) is 79.8 cm³/mol. The Hall–Kier alpha value is -1.64. The first-order valence-corrected chi connectivity index (χ1v) is 7.79. The van der Waals surface area contributed by atoms with Gasteiger partial charge < -0.3 is 4.74 Å². The van der Waals surface area contributed by atoms with Gasteiger partial charge in [0.2, 0.25) is 0 Å². The number of aryl methyl sites for hydroxylation is 2. The minimum atomic E-state index is -0.175. The van der Waals surface area contributed by atoms with Crippen molar-refractivity contribution < 1.29 is 14.3 Å². The Kier molecular flexibility index (Phi) is 3.60. The molecule has 3 rings (SSSR count). The summed E-state index contributed by atoms with van der Waals surface area (Å²) < 4.78 is 5.05. The van der Waals surface area contributed by atoms with Crippen LogP contribution in [0.1, 0.15) is 30.0 Å². The average molecular weight is 286 g/mol. The molecule has 2 aliphatic carbocycles. The standard InChI is InChI=1S/C18H22O3/c1-4-21-18(20)16-14-9-13(17(19)15(14)16)8-12-7-10(2)5-6-11(12)3/h5-7,13-16H,4,8-9H2,1-3H3. The van der Waals surface area contributed by atoms with Gasteiger partial charge in [0.15, 0.2) is 0 Å². The molecule has 0 aliphatic heterocycles. The van der Waals surface area contributed by atoms with Gasteiger partial charge in [-0.15, -0.1) is 0 Å². The first-order valence-electron chi connectivity index (χ1n) is 7.79. The maximum atomic E-state index is 12.5. The van der Waals surface area contributed by atoms with Crippen LogP contribution in [0.5, 0.6) is 0 Å². The fourth-order valence-electron chi connectivity index (χ4n) is 3.80. The normalized spacial score (nSPS) is 30.1. The van der Waals surface area contributed by atoms with Crippen LogP contribution in [0.25, 0.3) is 0 Å². The fourth-order valence-corrected chi connectivity index (χ4v) is 3.80. The van der Waals surface area contributed by atoms with Crippen molar-refractivity contribution in [3.8, 4) is 0 Å². The Morgan fingerprint density at radius 1 is 1.33 bits per heavy atom. The second-order valence-electron chi connectivity index (χ2n) is 6.44. The molecule has 1 aromatic rings. The molecule has 0 heterocycles. The number of ether oxygens (including phenoxy) is 1. The number of hydrogen-bond acceptors (Lipinski definition) is 3. The van der Waals surface area contributed by atoms with Gasteiger partial charge in [-0.2, -0.15) is 0 Å². The van der Waals surface area contributed by atoms with Crippen molar-refractivity contribution in [1.29, 1.82) is 0 Å². The van der Waals surface area contributed by atoms with E-state index in [1.807, 2.05) is 0 Å². The molecule has 4 atom stereocenters. The zero-order chi connectivity index (χ0) is 15.1. The minimum Gasteiger partial charge on any atom is -0.466 e. The Bertz CT molecular complexity index is 590. The molecule has 0 spiro atoms. The van der Waals surface area contributed by atoms with Gasteiger partial charge in [-0.1, -0.05) is 23.8 Å². The number of esters is 1. The van der Waals surface area contributed by atoms with Gasteiger partial charge >= 0.3 is 5.97 Å². The quantitative estimate of drug-likeness (QED) is 0.799. The molecule has 3 nitrogen and oxygen atoms in total. The molecule has 3 heteroatoms. The fraction of sp³-hybridized carbons (Fsp3) is 0.556. The summed E-state index contributed by atoms with van der Waals surface area (Å²) in [6.45, 7) is 6.38. The first-order chi connectivity index (χ1) is 10.0. The number of rotatable bonds is 4. The van der Waals surface area contributed by atoms with E-state index in [1.165, 1.54) is 16.7 Å². The molecule has 2 aliphatic rings. The molecular weight excluding hydrogens is 264 g/mol. The molecule has 0 aromatic heterocycles. The van der Waals surface area contributed by atoms with Crippen LogP contribution in [0.4, 0.5) is 0 Å². The Labute approximate surface area is 125 Å². The maximum Gasteiger partial charge on any atom is 0.309 e. The third kappa shape index (κ3) is 2.50. The molecule has 0 saturated heterocycles. The van der Waals surface area contributed by atoms with Gasteiger partial charge in [0, 0.05) is 11.8 Å². The number of carbonyl (C=O) groups excluding carboxylic acids is 2. The number of ketones is 1. The van der Waals surface area contributed by atoms with E-state index in [2.05, 4.69) is 32.0 Å². The average Bonchev–Trinajstić information content (AvgIpc) is 3.07. The molecule has 2 fully saturated rings. The lowest BCUT2D eigenvalue weighted by Crippen LogP contribution is -2.21. The summed E-state index contributed by atoms with van der Waals surface area (Å²) in [4.78, 5) is 24.2. The van der Waals surface area contributed by atoms with E-state index >= 15 is 0 Å². The van der Waals surface area contributed by atoms with E-state index in [1.54, 1.807) is 6.92 Å². The summed E-state index contributed by atoms with van der Waals surface area (Å²) in [5, 5.41) is 0. The van der Waals surface area contributed by atoms with E-state index in [-0.39, 0.29) is 35.4 Å². The van der Waals surface area contributed by atoms with E-state index in [0.717, 1.165) is 12.8 Å². The summed E-state index contributed by atoms with van der Waals surface area (Å²) in [5.41, 5.74) is 3.74. The van der Waals surface area contributed by atoms with Gasteiger partial charge in [-0.05, 0) is 50.7 Å². The molecule has 0 bridgehead atoms. The highest BCUT2D eigenvalue weighted by Gasteiger charge is 2.65. The number of hydrogen-bond donors (Lipinski definition) is 0. The highest BCUT2D eigenvalue weighted by Crippen LogP contribution is 2.58. The van der Waals surface area contributed by atoms with Crippen LogP contribution in [-0.4, -0.2) is 18.4 Å². The monoisotopic (exact) mass is 286 g/mol. The van der Waals surface area contributed by atoms with E-state index in [4.69, 9.17) is 4.74 Å². The molecule has 0 radical (unpaired) electrons. The summed E-state index contributed by atoms with van der Waals surface area (Å²) >= 11 is 0. The van der Waals surface area contributed by atoms with E-state index in [0.29, 0.717) is 6.61 Å². The minimum absolute atomic E-state index is 0.0563. The first kappa shape index (κ1) is 14.3. The molecular formula is C18H22O3. The molecule has 0 N–H and O–H groups in total. The Morgan fingerprint density at radius 3 is 2.71 bits per heavy atom. The largest absolute Gasteiger partial charge is 0.466 e. The summed E-state index contributed by atoms with van der Waals surface area (Å²) in [6.07, 6.45) is 1.66. The zero-order valence-corrected chi connectivity index (χ0v) is 12.9. The van der Waals surface area contributed by atoms with Crippen LogP contribution in [0.3, 0.4) is 0 Å². The smallest absolute Gasteiger partial charge is 0.309 e. The highest BCUT2D eigenvalue weighted by molar-refractivity contribution is 5.96. The summed E-state index contributed by atoms with van der Waals surface area (Å²) in [7, 11) is 0. The van der Waals surface area contributed by atoms with Gasteiger partial charge in [0.1, 0.15) is 5.78 Å². The predicted octanol–water partition coefficient (Wildman–Crippen LogP) is 2.86. The zero-order valence-electron chi connectivity index (χ0n) is 12.9. The third-order valence-electron chi connectivity index (χ3n) is 4.99. The van der Waals surface area contributed by atoms with Crippen molar-refractivity contribution in [2.45, 2.75) is 33.6 Å². The van der Waals surface area contributed by atoms with Crippen LogP contribution < -0.4 is 0 Å². The second kappa shape index (κ2) is 5.28. The summed E-state index contributed by atoms with van der Waals surface area (Å²) in [5.74, 6) is 0.231. The van der Waals surface area contributed by atoms with Crippen LogP contribution in [0.15, 0.2) is 18.2 Å². The Balaban J connectivity index is 1.65. The van der Waals surface area contributed by atoms with Crippen LogP contribution in [0, 0.1) is 37.5 Å². The number of fused-ring (bicyclic) bond motifs is 1. The number of benzene rings is 1. The third-order valence-corrected chi connectivity index (χ3v) is 4.99. The lowest BCUT2D eigenvalue weighted by atomic mass is 9.89. The van der Waals surface area contributed by atoms with Crippen molar-refractivity contribution >= 4 is 11.8 Å². The highest BCUT2D eigenvalue weighted by atomic mass is 16.5. The molecule has 21 heavy (non-hydrogen) atoms. The van der Waals surface area contributed by atoms with E-state index < -0.39 is 0 Å².